The number of carbonyl (C=O) groups is 1. The predicted molar refractivity (Wildman–Crippen MR) is 62.6 cm³/mol. The lowest BCUT2D eigenvalue weighted by Gasteiger charge is -2.09. The van der Waals surface area contributed by atoms with Gasteiger partial charge in [-0.05, 0) is 19.1 Å². The van der Waals surface area contributed by atoms with E-state index >= 15 is 0 Å². The number of nitrogen functional groups attached to an aromatic ring is 1. The second-order valence-electron chi connectivity index (χ2n) is 3.33. The van der Waals surface area contributed by atoms with E-state index in [0.29, 0.717) is 25.2 Å². The highest BCUT2D eigenvalue weighted by atomic mass is 19.1. The molecule has 0 fully saturated rings. The van der Waals surface area contributed by atoms with E-state index in [-0.39, 0.29) is 11.6 Å². The van der Waals surface area contributed by atoms with Crippen molar-refractivity contribution in [1.82, 2.24) is 5.32 Å². The van der Waals surface area contributed by atoms with Gasteiger partial charge in [-0.1, -0.05) is 6.07 Å². The molecule has 1 aromatic carbocycles. The number of para-hydroxylation sites is 1. The van der Waals surface area contributed by atoms with Gasteiger partial charge in [0, 0.05) is 19.5 Å². The van der Waals surface area contributed by atoms with Gasteiger partial charge in [-0.25, -0.2) is 4.39 Å². The molecule has 0 saturated heterocycles. The van der Waals surface area contributed by atoms with Crippen molar-refractivity contribution >= 4 is 17.3 Å². The summed E-state index contributed by atoms with van der Waals surface area (Å²) < 4.78 is 13.0. The molecule has 16 heavy (non-hydrogen) atoms. The van der Waals surface area contributed by atoms with Crippen LogP contribution in [0.1, 0.15) is 13.3 Å². The Bertz CT molecular complexity index is 368. The second-order valence-corrected chi connectivity index (χ2v) is 3.33. The van der Waals surface area contributed by atoms with Crippen LogP contribution in [0, 0.1) is 5.82 Å². The Kier molecular flexibility index (Phi) is 4.57. The summed E-state index contributed by atoms with van der Waals surface area (Å²) in [5.74, 6) is -0.493. The zero-order valence-corrected chi connectivity index (χ0v) is 9.22. The van der Waals surface area contributed by atoms with Crippen molar-refractivity contribution < 1.29 is 9.18 Å². The van der Waals surface area contributed by atoms with Gasteiger partial charge in [-0.15, -0.1) is 0 Å². The zero-order valence-electron chi connectivity index (χ0n) is 9.22. The molecule has 0 saturated carbocycles. The van der Waals surface area contributed by atoms with Crippen LogP contribution in [0.2, 0.25) is 0 Å². The Morgan fingerprint density at radius 2 is 2.25 bits per heavy atom. The lowest BCUT2D eigenvalue weighted by atomic mass is 10.2. The first kappa shape index (κ1) is 12.3. The van der Waals surface area contributed by atoms with Gasteiger partial charge in [0.05, 0.1) is 11.4 Å². The molecule has 0 heterocycles. The number of carbonyl (C=O) groups excluding carboxylic acids is 1. The molecular weight excluding hydrogens is 209 g/mol. The first-order chi connectivity index (χ1) is 7.65. The van der Waals surface area contributed by atoms with Gasteiger partial charge in [0.25, 0.3) is 0 Å². The molecule has 88 valence electrons. The molecule has 1 aromatic rings. The number of nitrogens with two attached hydrogens (primary N) is 1. The lowest BCUT2D eigenvalue weighted by molar-refractivity contribution is -0.120. The van der Waals surface area contributed by atoms with E-state index in [4.69, 9.17) is 5.73 Å². The molecular formula is C11H16FN3O. The number of benzene rings is 1. The van der Waals surface area contributed by atoms with Crippen LogP contribution in [0.5, 0.6) is 0 Å². The second kappa shape index (κ2) is 5.95. The molecule has 0 bridgehead atoms. The molecule has 0 radical (unpaired) electrons. The highest BCUT2D eigenvalue weighted by Gasteiger charge is 2.04. The summed E-state index contributed by atoms with van der Waals surface area (Å²) in [5, 5.41) is 5.59. The molecule has 0 unspecified atom stereocenters. The average Bonchev–Trinajstić information content (AvgIpc) is 2.25. The fraction of sp³-hybridized carbons (Fsp3) is 0.364. The maximum atomic E-state index is 13.0. The normalized spacial score (nSPS) is 9.88. The van der Waals surface area contributed by atoms with Crippen LogP contribution in [0.25, 0.3) is 0 Å². The summed E-state index contributed by atoms with van der Waals surface area (Å²) >= 11 is 0. The molecule has 1 rings (SSSR count). The first-order valence-electron chi connectivity index (χ1n) is 5.19. The van der Waals surface area contributed by atoms with Gasteiger partial charge >= 0.3 is 0 Å². The Morgan fingerprint density at radius 1 is 1.50 bits per heavy atom. The van der Waals surface area contributed by atoms with Crippen molar-refractivity contribution in [2.45, 2.75) is 13.3 Å². The van der Waals surface area contributed by atoms with Crippen LogP contribution in [0.3, 0.4) is 0 Å². The average molecular weight is 225 g/mol. The van der Waals surface area contributed by atoms with Crippen LogP contribution < -0.4 is 16.4 Å². The fourth-order valence-electron chi connectivity index (χ4n) is 1.29. The van der Waals surface area contributed by atoms with E-state index in [2.05, 4.69) is 10.6 Å². The fourth-order valence-corrected chi connectivity index (χ4v) is 1.29. The molecule has 1 amide bonds. The van der Waals surface area contributed by atoms with Crippen LogP contribution in [-0.4, -0.2) is 19.0 Å². The van der Waals surface area contributed by atoms with Crippen molar-refractivity contribution in [2.75, 3.05) is 24.1 Å². The summed E-state index contributed by atoms with van der Waals surface area (Å²) in [4.78, 5) is 11.1. The van der Waals surface area contributed by atoms with Gasteiger partial charge in [0.1, 0.15) is 5.82 Å². The van der Waals surface area contributed by atoms with E-state index in [1.807, 2.05) is 6.92 Å². The minimum Gasteiger partial charge on any atom is -0.395 e. The van der Waals surface area contributed by atoms with Crippen LogP contribution in [0.4, 0.5) is 15.8 Å². The molecule has 5 heteroatoms. The topological polar surface area (TPSA) is 67.2 Å². The van der Waals surface area contributed by atoms with Crippen molar-refractivity contribution in [2.24, 2.45) is 0 Å². The monoisotopic (exact) mass is 225 g/mol. The maximum Gasteiger partial charge on any atom is 0.221 e. The van der Waals surface area contributed by atoms with E-state index in [1.165, 1.54) is 6.07 Å². The molecule has 0 atom stereocenters. The van der Waals surface area contributed by atoms with Gasteiger partial charge < -0.3 is 16.4 Å². The number of hydrogen-bond donors (Lipinski definition) is 3. The Labute approximate surface area is 94.0 Å². The van der Waals surface area contributed by atoms with Crippen molar-refractivity contribution in [1.29, 1.82) is 0 Å². The molecule has 0 spiro atoms. The smallest absolute Gasteiger partial charge is 0.221 e. The minimum atomic E-state index is -0.456. The van der Waals surface area contributed by atoms with Gasteiger partial charge in [-0.3, -0.25) is 4.79 Å². The number of rotatable bonds is 5. The molecule has 4 N–H and O–H groups in total. The zero-order chi connectivity index (χ0) is 12.0. The summed E-state index contributed by atoms with van der Waals surface area (Å²) in [6, 6.07) is 4.54. The van der Waals surface area contributed by atoms with Crippen molar-refractivity contribution in [3.63, 3.8) is 0 Å². The standard InChI is InChI=1S/C11H16FN3O/c1-2-14-10(16)6-7-15-9-5-3-4-8(12)11(9)13/h3-5,15H,2,6-7,13H2,1H3,(H,14,16). The third-order valence-electron chi connectivity index (χ3n) is 2.09. The van der Waals surface area contributed by atoms with Crippen LogP contribution in [-0.2, 0) is 4.79 Å². The quantitative estimate of drug-likeness (QED) is 0.662. The van der Waals surface area contributed by atoms with E-state index in [0.717, 1.165) is 0 Å². The summed E-state index contributed by atoms with van der Waals surface area (Å²) in [6.07, 6.45) is 0.337. The third-order valence-corrected chi connectivity index (χ3v) is 2.09. The summed E-state index contributed by atoms with van der Waals surface area (Å²) in [6.45, 7) is 2.90. The predicted octanol–water partition coefficient (Wildman–Crippen LogP) is 1.35. The molecule has 0 aromatic heterocycles. The Morgan fingerprint density at radius 3 is 2.94 bits per heavy atom. The van der Waals surface area contributed by atoms with Crippen LogP contribution in [0.15, 0.2) is 18.2 Å². The highest BCUT2D eigenvalue weighted by molar-refractivity contribution is 5.76. The van der Waals surface area contributed by atoms with Crippen LogP contribution >= 0.6 is 0 Å². The summed E-state index contributed by atoms with van der Waals surface area (Å²) in [5.41, 5.74) is 6.12. The third kappa shape index (κ3) is 3.42. The molecule has 0 aliphatic heterocycles. The van der Waals surface area contributed by atoms with E-state index in [9.17, 15) is 9.18 Å². The SMILES string of the molecule is CCNC(=O)CCNc1cccc(F)c1N. The lowest BCUT2D eigenvalue weighted by Crippen LogP contribution is -2.24. The molecule has 0 aliphatic rings. The maximum absolute atomic E-state index is 13.0. The number of hydrogen-bond acceptors (Lipinski definition) is 3. The van der Waals surface area contributed by atoms with Crippen molar-refractivity contribution in [3.8, 4) is 0 Å². The van der Waals surface area contributed by atoms with Gasteiger partial charge in [0.15, 0.2) is 0 Å². The van der Waals surface area contributed by atoms with E-state index < -0.39 is 5.82 Å². The van der Waals surface area contributed by atoms with Crippen molar-refractivity contribution in [3.05, 3.63) is 24.0 Å². The first-order valence-corrected chi connectivity index (χ1v) is 5.19. The Balaban J connectivity index is 2.43. The number of nitrogens with one attached hydrogen (secondary N) is 2. The van der Waals surface area contributed by atoms with E-state index in [1.54, 1.807) is 12.1 Å². The number of amides is 1. The largest absolute Gasteiger partial charge is 0.395 e. The molecule has 4 nitrogen and oxygen atoms in total. The minimum absolute atomic E-state index is 0.0371. The Hall–Kier alpha value is -1.78. The number of anilines is 2. The van der Waals surface area contributed by atoms with Gasteiger partial charge in [0.2, 0.25) is 5.91 Å². The molecule has 0 aliphatic carbocycles. The summed E-state index contributed by atoms with van der Waals surface area (Å²) in [7, 11) is 0. The van der Waals surface area contributed by atoms with Gasteiger partial charge in [-0.2, -0.15) is 0 Å². The highest BCUT2D eigenvalue weighted by Crippen LogP contribution is 2.20. The number of halogens is 1.